The van der Waals surface area contributed by atoms with Gasteiger partial charge in [0.05, 0.1) is 0 Å². The minimum Gasteiger partial charge on any atom is -0.312 e. The summed E-state index contributed by atoms with van der Waals surface area (Å²) >= 11 is 6.17. The van der Waals surface area contributed by atoms with Crippen molar-refractivity contribution in [1.82, 2.24) is 18.7 Å². The summed E-state index contributed by atoms with van der Waals surface area (Å²) in [5, 5.41) is 0.633. The molecule has 0 amide bonds. The van der Waals surface area contributed by atoms with Gasteiger partial charge in [0, 0.05) is 37.4 Å². The van der Waals surface area contributed by atoms with Gasteiger partial charge in [-0.05, 0) is 24.1 Å². The Hall–Kier alpha value is -2.80. The van der Waals surface area contributed by atoms with Crippen molar-refractivity contribution in [2.24, 2.45) is 13.0 Å². The Morgan fingerprint density at radius 2 is 2.11 bits per heavy atom. The number of hydrogen-bond acceptors (Lipinski definition) is 4. The fourth-order valence-corrected chi connectivity index (χ4v) is 3.84. The van der Waals surface area contributed by atoms with Gasteiger partial charge in [-0.2, -0.15) is 4.98 Å². The first-order valence-corrected chi connectivity index (χ1v) is 9.14. The Bertz CT molecular complexity index is 1170. The molecule has 1 atom stereocenters. The molecule has 1 aliphatic heterocycles. The number of benzene rings is 1. The predicted octanol–water partition coefficient (Wildman–Crippen LogP) is 2.52. The first-order chi connectivity index (χ1) is 12.9. The molecule has 0 fully saturated rings. The van der Waals surface area contributed by atoms with Crippen LogP contribution in [0.15, 0.2) is 46.5 Å². The third-order valence-electron chi connectivity index (χ3n) is 4.87. The van der Waals surface area contributed by atoms with E-state index in [4.69, 9.17) is 11.6 Å². The van der Waals surface area contributed by atoms with Crippen molar-refractivity contribution in [3.05, 3.63) is 62.8 Å². The van der Waals surface area contributed by atoms with Gasteiger partial charge in [0.15, 0.2) is 11.2 Å². The number of hydrogen-bond donors (Lipinski definition) is 0. The Morgan fingerprint density at radius 3 is 2.81 bits per heavy atom. The summed E-state index contributed by atoms with van der Waals surface area (Å²) in [5.41, 5.74) is 0.994. The number of halogens is 1. The van der Waals surface area contributed by atoms with Crippen molar-refractivity contribution in [2.45, 2.75) is 20.0 Å². The van der Waals surface area contributed by atoms with Gasteiger partial charge >= 0.3 is 5.69 Å². The molecule has 0 N–H and O–H groups in total. The van der Waals surface area contributed by atoms with Gasteiger partial charge in [-0.3, -0.25) is 13.9 Å². The minimum absolute atomic E-state index is 0.162. The highest BCUT2D eigenvalue weighted by atomic mass is 35.5. The summed E-state index contributed by atoms with van der Waals surface area (Å²) in [4.78, 5) is 32.3. The molecule has 3 heterocycles. The van der Waals surface area contributed by atoms with Crippen molar-refractivity contribution in [3.63, 3.8) is 0 Å². The summed E-state index contributed by atoms with van der Waals surface area (Å²) in [6.45, 7) is 7.33. The summed E-state index contributed by atoms with van der Waals surface area (Å²) in [6.07, 6.45) is 1.54. The van der Waals surface area contributed by atoms with Crippen LogP contribution in [0.2, 0.25) is 5.02 Å². The van der Waals surface area contributed by atoms with E-state index in [1.807, 2.05) is 33.7 Å². The fourth-order valence-electron chi connectivity index (χ4n) is 3.66. The zero-order chi connectivity index (χ0) is 19.3. The Labute approximate surface area is 160 Å². The molecule has 2 aromatic heterocycles. The van der Waals surface area contributed by atoms with Crippen LogP contribution in [0.3, 0.4) is 0 Å². The number of fused-ring (bicyclic) bond motifs is 3. The van der Waals surface area contributed by atoms with E-state index < -0.39 is 5.69 Å². The molecule has 1 aliphatic rings. The minimum atomic E-state index is -0.398. The lowest BCUT2D eigenvalue weighted by atomic mass is 10.1. The molecule has 0 unspecified atom stereocenters. The number of aromatic nitrogens is 4. The summed E-state index contributed by atoms with van der Waals surface area (Å²) in [5.74, 6) is 0.937. The Morgan fingerprint density at radius 1 is 1.33 bits per heavy atom. The molecule has 27 heavy (non-hydrogen) atoms. The van der Waals surface area contributed by atoms with Gasteiger partial charge in [0.25, 0.3) is 5.56 Å². The molecular weight excluding hydrogens is 366 g/mol. The topological polar surface area (TPSA) is 65.1 Å². The van der Waals surface area contributed by atoms with Gasteiger partial charge in [0.1, 0.15) is 0 Å². The highest BCUT2D eigenvalue weighted by molar-refractivity contribution is 6.30. The maximum absolute atomic E-state index is 13.0. The number of allylic oxidation sites excluding steroid dienone is 1. The number of aryl methyl sites for hydroxylation is 1. The van der Waals surface area contributed by atoms with Gasteiger partial charge in [-0.15, -0.1) is 6.58 Å². The second kappa shape index (κ2) is 6.42. The average molecular weight is 386 g/mol. The van der Waals surface area contributed by atoms with Crippen LogP contribution in [0.5, 0.6) is 0 Å². The molecule has 3 aromatic rings. The number of rotatable bonds is 3. The van der Waals surface area contributed by atoms with Crippen LogP contribution < -0.4 is 16.1 Å². The van der Waals surface area contributed by atoms with Gasteiger partial charge < -0.3 is 9.47 Å². The van der Waals surface area contributed by atoms with Crippen LogP contribution >= 0.6 is 11.6 Å². The van der Waals surface area contributed by atoms with Crippen LogP contribution in [0, 0.1) is 5.92 Å². The fraction of sp³-hybridized carbons (Fsp3) is 0.316. The predicted molar refractivity (Wildman–Crippen MR) is 107 cm³/mol. The second-order valence-corrected chi connectivity index (χ2v) is 7.37. The molecule has 8 heteroatoms. The number of anilines is 2. The summed E-state index contributed by atoms with van der Waals surface area (Å²) < 4.78 is 4.52. The van der Waals surface area contributed by atoms with Crippen molar-refractivity contribution in [2.75, 3.05) is 11.4 Å². The largest absolute Gasteiger partial charge is 0.332 e. The lowest BCUT2D eigenvalue weighted by molar-refractivity contribution is 0.458. The van der Waals surface area contributed by atoms with Crippen molar-refractivity contribution >= 4 is 34.4 Å². The van der Waals surface area contributed by atoms with Gasteiger partial charge in [-0.1, -0.05) is 30.7 Å². The van der Waals surface area contributed by atoms with Crippen molar-refractivity contribution in [3.8, 4) is 0 Å². The van der Waals surface area contributed by atoms with E-state index in [-0.39, 0.29) is 12.1 Å². The first-order valence-electron chi connectivity index (χ1n) is 8.76. The Balaban J connectivity index is 2.03. The monoisotopic (exact) mass is 385 g/mol. The smallest absolute Gasteiger partial charge is 0.312 e. The molecule has 4 rings (SSSR count). The van der Waals surface area contributed by atoms with E-state index in [9.17, 15) is 9.59 Å². The molecule has 0 spiro atoms. The van der Waals surface area contributed by atoms with E-state index >= 15 is 0 Å². The van der Waals surface area contributed by atoms with E-state index in [1.54, 1.807) is 13.1 Å². The molecular formula is C19H20ClN5O2. The molecule has 0 aliphatic carbocycles. The van der Waals surface area contributed by atoms with Gasteiger partial charge in [-0.25, -0.2) is 4.79 Å². The van der Waals surface area contributed by atoms with Crippen LogP contribution in [0.4, 0.5) is 11.6 Å². The molecule has 1 aromatic carbocycles. The van der Waals surface area contributed by atoms with Crippen molar-refractivity contribution < 1.29 is 0 Å². The van der Waals surface area contributed by atoms with Crippen molar-refractivity contribution in [1.29, 1.82) is 0 Å². The van der Waals surface area contributed by atoms with E-state index in [0.717, 1.165) is 12.2 Å². The quantitative estimate of drug-likeness (QED) is 0.650. The molecule has 0 bridgehead atoms. The third-order valence-corrected chi connectivity index (χ3v) is 5.11. The number of imidazole rings is 1. The normalized spacial score (nSPS) is 16.6. The van der Waals surface area contributed by atoms with E-state index in [1.165, 1.54) is 9.13 Å². The van der Waals surface area contributed by atoms with Gasteiger partial charge in [0.2, 0.25) is 5.95 Å². The van der Waals surface area contributed by atoms with E-state index in [2.05, 4.69) is 18.5 Å². The average Bonchev–Trinajstić information content (AvgIpc) is 3.02. The first kappa shape index (κ1) is 17.6. The summed E-state index contributed by atoms with van der Waals surface area (Å²) in [6, 6.07) is 7.54. The highest BCUT2D eigenvalue weighted by Crippen LogP contribution is 2.33. The Kier molecular flexibility index (Phi) is 4.19. The van der Waals surface area contributed by atoms with E-state index in [0.29, 0.717) is 34.6 Å². The lowest BCUT2D eigenvalue weighted by Gasteiger charge is -2.33. The molecule has 140 valence electrons. The lowest BCUT2D eigenvalue weighted by Crippen LogP contribution is -2.40. The molecule has 0 saturated heterocycles. The number of nitrogens with zero attached hydrogens (tertiary/aromatic N) is 5. The highest BCUT2D eigenvalue weighted by Gasteiger charge is 2.29. The third kappa shape index (κ3) is 2.70. The van der Waals surface area contributed by atoms with Crippen LogP contribution in [-0.2, 0) is 20.1 Å². The van der Waals surface area contributed by atoms with Crippen LogP contribution in [-0.4, -0.2) is 25.2 Å². The second-order valence-electron chi connectivity index (χ2n) is 6.94. The summed E-state index contributed by atoms with van der Waals surface area (Å²) in [7, 11) is 1.63. The molecule has 7 nitrogen and oxygen atoms in total. The van der Waals surface area contributed by atoms with Crippen LogP contribution in [0.1, 0.15) is 6.92 Å². The molecule has 0 saturated carbocycles. The maximum Gasteiger partial charge on any atom is 0.332 e. The SMILES string of the molecule is C=CCn1c(=O)c2c(nc3n2C[C@H](C)CN3c2cccc(Cl)c2)n(C)c1=O. The maximum atomic E-state index is 13.0. The molecule has 0 radical (unpaired) electrons. The zero-order valence-corrected chi connectivity index (χ0v) is 16.0. The standard InChI is InChI=1S/C19H20ClN5O2/c1-4-8-23-17(26)15-16(22(3)19(23)27)21-18-24(10-12(2)11-25(15)18)14-7-5-6-13(20)9-14/h4-7,9,12H,1,8,10-11H2,2-3H3/t12-/m1/s1. The van der Waals surface area contributed by atoms with Crippen LogP contribution in [0.25, 0.3) is 11.2 Å². The zero-order valence-electron chi connectivity index (χ0n) is 15.2.